The Balaban J connectivity index is 2.30. The first-order chi connectivity index (χ1) is 9.11. The smallest absolute Gasteiger partial charge is 0.407 e. The Hall–Kier alpha value is -1.56. The molecule has 0 aliphatic heterocycles. The highest BCUT2D eigenvalue weighted by Gasteiger charge is 2.13. The number of rotatable bonds is 7. The first-order valence-electron chi connectivity index (χ1n) is 5.86. The van der Waals surface area contributed by atoms with Crippen molar-refractivity contribution in [2.75, 3.05) is 5.33 Å². The third kappa shape index (κ3) is 6.81. The lowest BCUT2D eigenvalue weighted by atomic mass is 10.2. The molecule has 2 N–H and O–H groups in total. The predicted octanol–water partition coefficient (Wildman–Crippen LogP) is 2.54. The molecule has 0 aliphatic rings. The molecule has 1 unspecified atom stereocenters. The van der Waals surface area contributed by atoms with E-state index in [1.54, 1.807) is 0 Å². The van der Waals surface area contributed by atoms with E-state index in [9.17, 15) is 9.59 Å². The minimum absolute atomic E-state index is 0.00916. The maximum atomic E-state index is 11.5. The van der Waals surface area contributed by atoms with Gasteiger partial charge in [0.1, 0.15) is 6.61 Å². The Morgan fingerprint density at radius 3 is 2.58 bits per heavy atom. The van der Waals surface area contributed by atoms with E-state index >= 15 is 0 Å². The molecule has 0 aliphatic carbocycles. The number of benzene rings is 1. The van der Waals surface area contributed by atoms with Crippen LogP contribution in [0.25, 0.3) is 0 Å². The molecule has 5 nitrogen and oxygen atoms in total. The van der Waals surface area contributed by atoms with Gasteiger partial charge in [-0.1, -0.05) is 46.3 Å². The molecule has 0 fully saturated rings. The minimum atomic E-state index is -0.884. The van der Waals surface area contributed by atoms with Gasteiger partial charge in [0.15, 0.2) is 0 Å². The zero-order chi connectivity index (χ0) is 14.1. The van der Waals surface area contributed by atoms with Gasteiger partial charge in [-0.25, -0.2) is 4.79 Å². The van der Waals surface area contributed by atoms with E-state index in [1.165, 1.54) is 0 Å². The Bertz CT molecular complexity index is 410. The summed E-state index contributed by atoms with van der Waals surface area (Å²) in [6, 6.07) is 9.09. The summed E-state index contributed by atoms with van der Waals surface area (Å²) in [6.07, 6.45) is -0.172. The number of ether oxygens (including phenoxy) is 1. The van der Waals surface area contributed by atoms with Crippen LogP contribution >= 0.6 is 15.9 Å². The molecule has 1 aromatic rings. The first kappa shape index (κ1) is 15.5. The Labute approximate surface area is 120 Å². The average molecular weight is 330 g/mol. The lowest BCUT2D eigenvalue weighted by Crippen LogP contribution is -2.36. The van der Waals surface area contributed by atoms with E-state index in [4.69, 9.17) is 9.84 Å². The van der Waals surface area contributed by atoms with Crippen molar-refractivity contribution in [1.82, 2.24) is 5.32 Å². The third-order valence-electron chi connectivity index (χ3n) is 2.43. The van der Waals surface area contributed by atoms with Crippen LogP contribution in [-0.2, 0) is 16.1 Å². The molecule has 1 rings (SSSR count). The van der Waals surface area contributed by atoms with Crippen LogP contribution in [0.3, 0.4) is 0 Å². The van der Waals surface area contributed by atoms with Crippen LogP contribution < -0.4 is 5.32 Å². The van der Waals surface area contributed by atoms with E-state index in [0.717, 1.165) is 5.56 Å². The van der Waals surface area contributed by atoms with Gasteiger partial charge >= 0.3 is 12.1 Å². The van der Waals surface area contributed by atoms with Crippen LogP contribution in [0.2, 0.25) is 0 Å². The molecular formula is C13H16BrNO4. The zero-order valence-electron chi connectivity index (χ0n) is 10.3. The number of carboxylic acid groups (broad SMARTS) is 1. The van der Waals surface area contributed by atoms with Gasteiger partial charge < -0.3 is 15.2 Å². The lowest BCUT2D eigenvalue weighted by Gasteiger charge is -2.15. The van der Waals surface area contributed by atoms with Crippen LogP contribution in [0.4, 0.5) is 4.79 Å². The highest BCUT2D eigenvalue weighted by atomic mass is 79.9. The van der Waals surface area contributed by atoms with Gasteiger partial charge in [0.2, 0.25) is 0 Å². The number of aliphatic carboxylic acids is 1. The summed E-state index contributed by atoms with van der Waals surface area (Å²) in [7, 11) is 0. The van der Waals surface area contributed by atoms with Gasteiger partial charge in [-0.2, -0.15) is 0 Å². The second-order valence-electron chi connectivity index (χ2n) is 3.99. The summed E-state index contributed by atoms with van der Waals surface area (Å²) in [5, 5.41) is 11.7. The standard InChI is InChI=1S/C13H16BrNO4/c14-8-11(6-7-12(16)17)15-13(18)19-9-10-4-2-1-3-5-10/h1-5,11H,6-9H2,(H,15,18)(H,16,17). The fourth-order valence-corrected chi connectivity index (χ4v) is 1.90. The zero-order valence-corrected chi connectivity index (χ0v) is 11.9. The van der Waals surface area contributed by atoms with E-state index in [-0.39, 0.29) is 19.1 Å². The molecule has 0 saturated heterocycles. The fourth-order valence-electron chi connectivity index (χ4n) is 1.42. The highest BCUT2D eigenvalue weighted by Crippen LogP contribution is 2.04. The SMILES string of the molecule is O=C(O)CCC(CBr)NC(=O)OCc1ccccc1. The fraction of sp³-hybridized carbons (Fsp3) is 0.385. The van der Waals surface area contributed by atoms with Crippen molar-refractivity contribution in [3.05, 3.63) is 35.9 Å². The molecule has 6 heteroatoms. The highest BCUT2D eigenvalue weighted by molar-refractivity contribution is 9.09. The molecule has 0 bridgehead atoms. The van der Waals surface area contributed by atoms with Gasteiger partial charge in [0.05, 0.1) is 0 Å². The maximum Gasteiger partial charge on any atom is 0.407 e. The average Bonchev–Trinajstić information content (AvgIpc) is 2.42. The number of nitrogens with one attached hydrogen (secondary N) is 1. The van der Waals surface area contributed by atoms with Gasteiger partial charge in [-0.3, -0.25) is 4.79 Å². The van der Waals surface area contributed by atoms with Crippen molar-refractivity contribution >= 4 is 28.0 Å². The second kappa shape index (κ2) is 8.53. The Kier molecular flexibility index (Phi) is 6.95. The van der Waals surface area contributed by atoms with Crippen molar-refractivity contribution in [2.24, 2.45) is 0 Å². The van der Waals surface area contributed by atoms with Crippen molar-refractivity contribution in [3.8, 4) is 0 Å². The van der Waals surface area contributed by atoms with Crippen LogP contribution in [0, 0.1) is 0 Å². The van der Waals surface area contributed by atoms with Crippen molar-refractivity contribution < 1.29 is 19.4 Å². The molecule has 0 spiro atoms. The van der Waals surface area contributed by atoms with Gasteiger partial charge in [0.25, 0.3) is 0 Å². The molecule has 1 aromatic carbocycles. The number of carbonyl (C=O) groups excluding carboxylic acids is 1. The van der Waals surface area contributed by atoms with Crippen LogP contribution in [0.15, 0.2) is 30.3 Å². The predicted molar refractivity (Wildman–Crippen MR) is 74.2 cm³/mol. The number of alkyl carbamates (subject to hydrolysis) is 1. The van der Waals surface area contributed by atoms with E-state index in [0.29, 0.717) is 11.8 Å². The summed E-state index contributed by atoms with van der Waals surface area (Å²) < 4.78 is 5.05. The second-order valence-corrected chi connectivity index (χ2v) is 4.64. The van der Waals surface area contributed by atoms with Crippen LogP contribution in [-0.4, -0.2) is 28.5 Å². The van der Waals surface area contributed by atoms with Gasteiger partial charge in [0, 0.05) is 17.8 Å². The topological polar surface area (TPSA) is 75.6 Å². The van der Waals surface area contributed by atoms with E-state index in [1.807, 2.05) is 30.3 Å². The molecule has 0 heterocycles. The van der Waals surface area contributed by atoms with Crippen molar-refractivity contribution in [1.29, 1.82) is 0 Å². The number of halogens is 1. The van der Waals surface area contributed by atoms with E-state index in [2.05, 4.69) is 21.2 Å². The molecule has 104 valence electrons. The molecule has 19 heavy (non-hydrogen) atoms. The summed E-state index contributed by atoms with van der Waals surface area (Å²) in [6.45, 7) is 0.195. The molecular weight excluding hydrogens is 314 g/mol. The summed E-state index contributed by atoms with van der Waals surface area (Å²) in [5.74, 6) is -0.884. The monoisotopic (exact) mass is 329 g/mol. The number of carboxylic acids is 1. The van der Waals surface area contributed by atoms with Crippen molar-refractivity contribution in [3.63, 3.8) is 0 Å². The largest absolute Gasteiger partial charge is 0.481 e. The minimum Gasteiger partial charge on any atom is -0.481 e. The molecule has 1 amide bonds. The van der Waals surface area contributed by atoms with Gasteiger partial charge in [-0.15, -0.1) is 0 Å². The number of hydrogen-bond donors (Lipinski definition) is 2. The third-order valence-corrected chi connectivity index (χ3v) is 3.21. The van der Waals surface area contributed by atoms with Crippen LogP contribution in [0.5, 0.6) is 0 Å². The number of alkyl halides is 1. The molecule has 0 radical (unpaired) electrons. The molecule has 1 atom stereocenters. The first-order valence-corrected chi connectivity index (χ1v) is 6.99. The molecule has 0 saturated carbocycles. The number of carbonyl (C=O) groups is 2. The maximum absolute atomic E-state index is 11.5. The van der Waals surface area contributed by atoms with Crippen molar-refractivity contribution in [2.45, 2.75) is 25.5 Å². The summed E-state index contributed by atoms with van der Waals surface area (Å²) >= 11 is 3.23. The lowest BCUT2D eigenvalue weighted by molar-refractivity contribution is -0.137. The van der Waals surface area contributed by atoms with E-state index < -0.39 is 12.1 Å². The normalized spacial score (nSPS) is 11.6. The molecule has 0 aromatic heterocycles. The summed E-state index contributed by atoms with van der Waals surface area (Å²) in [5.41, 5.74) is 0.901. The van der Waals surface area contributed by atoms with Gasteiger partial charge in [-0.05, 0) is 12.0 Å². The summed E-state index contributed by atoms with van der Waals surface area (Å²) in [4.78, 5) is 22.0. The number of amides is 1. The Morgan fingerprint density at radius 1 is 1.32 bits per heavy atom. The number of hydrogen-bond acceptors (Lipinski definition) is 3. The van der Waals surface area contributed by atoms with Crippen LogP contribution in [0.1, 0.15) is 18.4 Å². The Morgan fingerprint density at radius 2 is 2.00 bits per heavy atom. The quantitative estimate of drug-likeness (QED) is 0.754.